The summed E-state index contributed by atoms with van der Waals surface area (Å²) < 4.78 is 5.31. The van der Waals surface area contributed by atoms with Crippen LogP contribution >= 0.6 is 0 Å². The van der Waals surface area contributed by atoms with Crippen molar-refractivity contribution in [2.45, 2.75) is 12.8 Å². The summed E-state index contributed by atoms with van der Waals surface area (Å²) in [5, 5.41) is 11.0. The van der Waals surface area contributed by atoms with E-state index in [1.165, 1.54) is 0 Å². The first-order valence-corrected chi connectivity index (χ1v) is 9.43. The molecule has 140 valence electrons. The Morgan fingerprint density at radius 3 is 3.15 bits per heavy atom. The summed E-state index contributed by atoms with van der Waals surface area (Å²) in [6.07, 6.45) is 8.12. The number of likely N-dealkylation sites (tertiary alicyclic amines) is 1. The van der Waals surface area contributed by atoms with Gasteiger partial charge in [0.15, 0.2) is 5.69 Å². The number of aromatic amines is 1. The molecule has 27 heavy (non-hydrogen) atoms. The van der Waals surface area contributed by atoms with Crippen LogP contribution in [0.1, 0.15) is 29.1 Å². The molecular weight excluding hydrogens is 340 g/mol. The molecule has 0 aliphatic carbocycles. The second-order valence-corrected chi connectivity index (χ2v) is 7.01. The topological polar surface area (TPSA) is 74.2 Å². The number of rotatable bonds is 6. The molecule has 1 fully saturated rings. The Morgan fingerprint density at radius 1 is 1.33 bits per heavy atom. The third-order valence-electron chi connectivity index (χ3n) is 5.03. The number of furan rings is 1. The summed E-state index contributed by atoms with van der Waals surface area (Å²) in [6.45, 7) is 3.66. The number of carbonyl (C=O) groups excluding carboxylic acids is 1. The largest absolute Gasteiger partial charge is 0.465 e. The van der Waals surface area contributed by atoms with E-state index in [4.69, 9.17) is 4.42 Å². The maximum atomic E-state index is 12.5. The number of carbonyl (C=O) groups is 1. The highest BCUT2D eigenvalue weighted by Gasteiger charge is 2.21. The summed E-state index contributed by atoms with van der Waals surface area (Å²) in [4.78, 5) is 14.9. The Balaban J connectivity index is 1.28. The highest BCUT2D eigenvalue weighted by atomic mass is 16.3. The van der Waals surface area contributed by atoms with Crippen LogP contribution in [0.15, 0.2) is 53.2 Å². The van der Waals surface area contributed by atoms with Crippen molar-refractivity contribution in [2.75, 3.05) is 26.2 Å². The van der Waals surface area contributed by atoms with E-state index < -0.39 is 0 Å². The average Bonchev–Trinajstić information content (AvgIpc) is 3.36. The lowest BCUT2D eigenvalue weighted by Crippen LogP contribution is -2.41. The Hall–Kier alpha value is -2.86. The number of nitrogens with one attached hydrogen (secondary N) is 2. The van der Waals surface area contributed by atoms with Gasteiger partial charge < -0.3 is 9.73 Å². The molecule has 6 heteroatoms. The summed E-state index contributed by atoms with van der Waals surface area (Å²) in [6, 6.07) is 11.5. The molecule has 3 heterocycles. The molecule has 0 spiro atoms. The molecule has 1 unspecified atom stereocenters. The van der Waals surface area contributed by atoms with Gasteiger partial charge in [-0.3, -0.25) is 14.8 Å². The average molecular weight is 364 g/mol. The fraction of sp³-hybridized carbons (Fsp3) is 0.333. The molecule has 1 amide bonds. The van der Waals surface area contributed by atoms with Crippen molar-refractivity contribution >= 4 is 22.9 Å². The molecule has 1 aromatic carbocycles. The van der Waals surface area contributed by atoms with E-state index in [1.807, 2.05) is 42.5 Å². The van der Waals surface area contributed by atoms with Gasteiger partial charge >= 0.3 is 0 Å². The third-order valence-corrected chi connectivity index (χ3v) is 5.03. The Bertz CT molecular complexity index is 913. The standard InChI is InChI=1S/C21H24N4O2/c26-21(20-18-9-1-2-10-19(18)23-24-20)22-14-16-6-3-11-25(15-16)12-4-7-17-8-5-13-27-17/h1-2,4-5,7-10,13,16H,3,6,11-12,14-15H2,(H,22,26)(H,23,24)/b7-4+. The molecule has 2 N–H and O–H groups in total. The van der Waals surface area contributed by atoms with Crippen molar-refractivity contribution in [2.24, 2.45) is 5.92 Å². The van der Waals surface area contributed by atoms with Crippen LogP contribution in [-0.2, 0) is 0 Å². The summed E-state index contributed by atoms with van der Waals surface area (Å²) in [5.74, 6) is 1.23. The second kappa shape index (κ2) is 8.22. The van der Waals surface area contributed by atoms with Gasteiger partial charge in [0.05, 0.1) is 11.8 Å². The Labute approximate surface area is 158 Å². The van der Waals surface area contributed by atoms with Gasteiger partial charge in [0.2, 0.25) is 0 Å². The van der Waals surface area contributed by atoms with Crippen LogP contribution in [0.5, 0.6) is 0 Å². The quantitative estimate of drug-likeness (QED) is 0.704. The number of hydrogen-bond donors (Lipinski definition) is 2. The van der Waals surface area contributed by atoms with Gasteiger partial charge in [-0.05, 0) is 49.6 Å². The second-order valence-electron chi connectivity index (χ2n) is 7.01. The van der Waals surface area contributed by atoms with E-state index in [2.05, 4.69) is 26.5 Å². The molecule has 1 atom stereocenters. The first-order valence-electron chi connectivity index (χ1n) is 9.43. The van der Waals surface area contributed by atoms with Gasteiger partial charge in [-0.25, -0.2) is 0 Å². The van der Waals surface area contributed by atoms with Crippen molar-refractivity contribution in [1.29, 1.82) is 0 Å². The third kappa shape index (κ3) is 4.28. The highest BCUT2D eigenvalue weighted by Crippen LogP contribution is 2.17. The predicted octanol–water partition coefficient (Wildman–Crippen LogP) is 3.31. The molecule has 1 aliphatic rings. The van der Waals surface area contributed by atoms with E-state index in [0.29, 0.717) is 18.2 Å². The van der Waals surface area contributed by atoms with Crippen LogP contribution in [-0.4, -0.2) is 47.2 Å². The van der Waals surface area contributed by atoms with Gasteiger partial charge in [-0.2, -0.15) is 5.10 Å². The molecule has 0 saturated carbocycles. The van der Waals surface area contributed by atoms with Gasteiger partial charge in [-0.15, -0.1) is 0 Å². The maximum absolute atomic E-state index is 12.5. The molecule has 1 aliphatic heterocycles. The number of aromatic nitrogens is 2. The maximum Gasteiger partial charge on any atom is 0.272 e. The number of para-hydroxylation sites is 1. The van der Waals surface area contributed by atoms with Gasteiger partial charge in [0, 0.05) is 25.0 Å². The number of nitrogens with zero attached hydrogens (tertiary/aromatic N) is 2. The van der Waals surface area contributed by atoms with E-state index in [-0.39, 0.29) is 5.91 Å². The zero-order valence-electron chi connectivity index (χ0n) is 15.2. The van der Waals surface area contributed by atoms with Crippen LogP contribution in [0.2, 0.25) is 0 Å². The summed E-state index contributed by atoms with van der Waals surface area (Å²) >= 11 is 0. The SMILES string of the molecule is O=C(NCC1CCCN(C/C=C/c2ccco2)C1)c1n[nH]c2ccccc12. The molecule has 2 aromatic heterocycles. The van der Waals surface area contributed by atoms with Crippen molar-refractivity contribution in [3.8, 4) is 0 Å². The van der Waals surface area contributed by atoms with Crippen LogP contribution in [0.3, 0.4) is 0 Å². The molecule has 4 rings (SSSR count). The highest BCUT2D eigenvalue weighted by molar-refractivity contribution is 6.04. The zero-order valence-corrected chi connectivity index (χ0v) is 15.2. The minimum atomic E-state index is -0.109. The molecule has 6 nitrogen and oxygen atoms in total. The lowest BCUT2D eigenvalue weighted by Gasteiger charge is -2.32. The fourth-order valence-corrected chi connectivity index (χ4v) is 3.65. The van der Waals surface area contributed by atoms with Gasteiger partial charge in [0.1, 0.15) is 5.76 Å². The minimum absolute atomic E-state index is 0.109. The molecular formula is C21H24N4O2. The predicted molar refractivity (Wildman–Crippen MR) is 105 cm³/mol. The van der Waals surface area contributed by atoms with Crippen LogP contribution in [0.4, 0.5) is 0 Å². The van der Waals surface area contributed by atoms with Crippen molar-refractivity contribution < 1.29 is 9.21 Å². The number of hydrogen-bond acceptors (Lipinski definition) is 4. The van der Waals surface area contributed by atoms with Crippen molar-refractivity contribution in [3.63, 3.8) is 0 Å². The van der Waals surface area contributed by atoms with E-state index >= 15 is 0 Å². The number of benzene rings is 1. The smallest absolute Gasteiger partial charge is 0.272 e. The van der Waals surface area contributed by atoms with Crippen LogP contribution < -0.4 is 5.32 Å². The van der Waals surface area contributed by atoms with E-state index in [1.54, 1.807) is 6.26 Å². The van der Waals surface area contributed by atoms with E-state index in [0.717, 1.165) is 49.1 Å². The number of H-pyrrole nitrogens is 1. The van der Waals surface area contributed by atoms with Crippen molar-refractivity contribution in [1.82, 2.24) is 20.4 Å². The lowest BCUT2D eigenvalue weighted by atomic mass is 9.98. The Kier molecular flexibility index (Phi) is 5.34. The monoisotopic (exact) mass is 364 g/mol. The summed E-state index contributed by atoms with van der Waals surface area (Å²) in [7, 11) is 0. The first kappa shape index (κ1) is 17.5. The van der Waals surface area contributed by atoms with Gasteiger partial charge in [-0.1, -0.05) is 24.3 Å². The van der Waals surface area contributed by atoms with Gasteiger partial charge in [0.25, 0.3) is 5.91 Å². The fourth-order valence-electron chi connectivity index (χ4n) is 3.65. The van der Waals surface area contributed by atoms with Crippen LogP contribution in [0.25, 0.3) is 17.0 Å². The Morgan fingerprint density at radius 2 is 2.26 bits per heavy atom. The number of piperidine rings is 1. The molecule has 0 bridgehead atoms. The summed E-state index contributed by atoms with van der Waals surface area (Å²) in [5.41, 5.74) is 1.36. The first-order chi connectivity index (χ1) is 13.3. The van der Waals surface area contributed by atoms with Crippen LogP contribution in [0, 0.1) is 5.92 Å². The zero-order chi connectivity index (χ0) is 18.5. The molecule has 1 saturated heterocycles. The number of fused-ring (bicyclic) bond motifs is 1. The number of amides is 1. The lowest BCUT2D eigenvalue weighted by molar-refractivity contribution is 0.0931. The molecule has 0 radical (unpaired) electrons. The van der Waals surface area contributed by atoms with E-state index in [9.17, 15) is 4.79 Å². The van der Waals surface area contributed by atoms with Crippen molar-refractivity contribution in [3.05, 3.63) is 60.2 Å². The normalized spacial score (nSPS) is 18.3. The minimum Gasteiger partial charge on any atom is -0.465 e. The molecule has 3 aromatic rings.